The SMILES string of the molecule is CN1CCN(CCCn2ccc3cc(-c4nc5ccc(Cl)cc5[nH]4)ccc32)CC1. The molecule has 2 aromatic carbocycles. The Balaban J connectivity index is 1.30. The lowest BCUT2D eigenvalue weighted by molar-refractivity contribution is 0.151. The number of hydrogen-bond acceptors (Lipinski definition) is 3. The van der Waals surface area contributed by atoms with Crippen LogP contribution in [-0.4, -0.2) is 64.1 Å². The normalized spacial score (nSPS) is 16.2. The summed E-state index contributed by atoms with van der Waals surface area (Å²) in [4.78, 5) is 13.1. The van der Waals surface area contributed by atoms with Crippen LogP contribution in [0, 0.1) is 0 Å². The molecule has 0 atom stereocenters. The number of aromatic amines is 1. The first kappa shape index (κ1) is 18.7. The Hall–Kier alpha value is -2.34. The van der Waals surface area contributed by atoms with Crippen LogP contribution in [0.4, 0.5) is 0 Å². The quantitative estimate of drug-likeness (QED) is 0.530. The number of aromatic nitrogens is 3. The van der Waals surface area contributed by atoms with Crippen LogP contribution in [0.25, 0.3) is 33.3 Å². The van der Waals surface area contributed by atoms with Crippen LogP contribution in [0.3, 0.4) is 0 Å². The van der Waals surface area contributed by atoms with Crippen molar-refractivity contribution in [3.8, 4) is 11.4 Å². The molecular weight excluding hydrogens is 382 g/mol. The van der Waals surface area contributed by atoms with Crippen LogP contribution < -0.4 is 0 Å². The van der Waals surface area contributed by atoms with Gasteiger partial charge in [0.2, 0.25) is 0 Å². The predicted octanol–water partition coefficient (Wildman–Crippen LogP) is 4.48. The van der Waals surface area contributed by atoms with Crippen molar-refractivity contribution in [2.45, 2.75) is 13.0 Å². The lowest BCUT2D eigenvalue weighted by Gasteiger charge is -2.32. The molecule has 0 saturated carbocycles. The third kappa shape index (κ3) is 3.90. The average molecular weight is 408 g/mol. The number of rotatable bonds is 5. The summed E-state index contributed by atoms with van der Waals surface area (Å²) in [6.45, 7) is 6.97. The molecule has 1 fully saturated rings. The fourth-order valence-electron chi connectivity index (χ4n) is 4.20. The molecular formula is C23H26ClN5. The van der Waals surface area contributed by atoms with Gasteiger partial charge in [0.25, 0.3) is 0 Å². The summed E-state index contributed by atoms with van der Waals surface area (Å²) in [6.07, 6.45) is 3.39. The summed E-state index contributed by atoms with van der Waals surface area (Å²) in [6, 6.07) is 14.5. The summed E-state index contributed by atoms with van der Waals surface area (Å²) < 4.78 is 2.37. The summed E-state index contributed by atoms with van der Waals surface area (Å²) >= 11 is 6.10. The summed E-state index contributed by atoms with van der Waals surface area (Å²) in [5, 5.41) is 1.97. The van der Waals surface area contributed by atoms with E-state index >= 15 is 0 Å². The summed E-state index contributed by atoms with van der Waals surface area (Å²) in [5.74, 6) is 0.881. The third-order valence-corrected chi connectivity index (χ3v) is 6.19. The van der Waals surface area contributed by atoms with E-state index in [0.717, 1.165) is 34.0 Å². The summed E-state index contributed by atoms with van der Waals surface area (Å²) in [7, 11) is 2.21. The van der Waals surface area contributed by atoms with E-state index in [1.165, 1.54) is 50.0 Å². The Morgan fingerprint density at radius 1 is 1.00 bits per heavy atom. The highest BCUT2D eigenvalue weighted by Crippen LogP contribution is 2.26. The van der Waals surface area contributed by atoms with Crippen LogP contribution in [0.15, 0.2) is 48.7 Å². The van der Waals surface area contributed by atoms with Gasteiger partial charge in [-0.1, -0.05) is 11.6 Å². The van der Waals surface area contributed by atoms with E-state index in [4.69, 9.17) is 16.6 Å². The number of nitrogens with one attached hydrogen (secondary N) is 1. The predicted molar refractivity (Wildman–Crippen MR) is 121 cm³/mol. The number of nitrogens with zero attached hydrogens (tertiary/aromatic N) is 4. The number of likely N-dealkylation sites (N-methyl/N-ethyl adjacent to an activating group) is 1. The molecule has 4 aromatic rings. The van der Waals surface area contributed by atoms with E-state index in [-0.39, 0.29) is 0 Å². The van der Waals surface area contributed by atoms with Gasteiger partial charge in [0.05, 0.1) is 11.0 Å². The van der Waals surface area contributed by atoms with Crippen molar-refractivity contribution in [3.05, 3.63) is 53.7 Å². The molecule has 0 aliphatic carbocycles. The highest BCUT2D eigenvalue weighted by molar-refractivity contribution is 6.31. The molecule has 3 heterocycles. The molecule has 0 amide bonds. The Morgan fingerprint density at radius 2 is 1.86 bits per heavy atom. The highest BCUT2D eigenvalue weighted by Gasteiger charge is 2.13. The zero-order valence-corrected chi connectivity index (χ0v) is 17.5. The molecule has 29 heavy (non-hydrogen) atoms. The lowest BCUT2D eigenvalue weighted by atomic mass is 10.1. The van der Waals surface area contributed by atoms with Gasteiger partial charge in [-0.05, 0) is 62.5 Å². The Bertz CT molecular complexity index is 1140. The maximum absolute atomic E-state index is 6.10. The monoisotopic (exact) mass is 407 g/mol. The van der Waals surface area contributed by atoms with Gasteiger partial charge >= 0.3 is 0 Å². The Morgan fingerprint density at radius 3 is 2.72 bits per heavy atom. The number of H-pyrrole nitrogens is 1. The van der Waals surface area contributed by atoms with Gasteiger partial charge in [-0.25, -0.2) is 4.98 Å². The maximum atomic E-state index is 6.10. The van der Waals surface area contributed by atoms with Crippen molar-refractivity contribution in [2.75, 3.05) is 39.8 Å². The van der Waals surface area contributed by atoms with E-state index in [9.17, 15) is 0 Å². The molecule has 1 aliphatic rings. The smallest absolute Gasteiger partial charge is 0.138 e. The molecule has 0 spiro atoms. The topological polar surface area (TPSA) is 40.1 Å². The number of piperazine rings is 1. The van der Waals surface area contributed by atoms with Crippen molar-refractivity contribution in [3.63, 3.8) is 0 Å². The van der Waals surface area contributed by atoms with Crippen LogP contribution in [0.1, 0.15) is 6.42 Å². The second kappa shape index (κ2) is 7.82. The molecule has 2 aromatic heterocycles. The minimum Gasteiger partial charge on any atom is -0.347 e. The Labute approximate surface area is 175 Å². The second-order valence-corrected chi connectivity index (χ2v) is 8.46. The molecule has 0 unspecified atom stereocenters. The van der Waals surface area contributed by atoms with Crippen molar-refractivity contribution in [1.82, 2.24) is 24.3 Å². The minimum atomic E-state index is 0.719. The van der Waals surface area contributed by atoms with E-state index < -0.39 is 0 Å². The highest BCUT2D eigenvalue weighted by atomic mass is 35.5. The largest absolute Gasteiger partial charge is 0.347 e. The molecule has 5 nitrogen and oxygen atoms in total. The second-order valence-electron chi connectivity index (χ2n) is 8.03. The molecule has 0 bridgehead atoms. The summed E-state index contributed by atoms with van der Waals surface area (Å²) in [5.41, 5.74) is 4.28. The zero-order chi connectivity index (χ0) is 19.8. The Kier molecular flexibility index (Phi) is 5.04. The first-order valence-corrected chi connectivity index (χ1v) is 10.7. The van der Waals surface area contributed by atoms with Gasteiger partial charge in [0, 0.05) is 60.4 Å². The number of fused-ring (bicyclic) bond motifs is 2. The van der Waals surface area contributed by atoms with Crippen LogP contribution in [0.5, 0.6) is 0 Å². The molecule has 0 radical (unpaired) electrons. The van der Waals surface area contributed by atoms with Crippen LogP contribution in [0.2, 0.25) is 5.02 Å². The fourth-order valence-corrected chi connectivity index (χ4v) is 4.37. The standard InChI is InChI=1S/C23H26ClN5/c1-27-11-13-28(14-12-27)8-2-9-29-10-7-17-15-18(3-6-22(17)29)23-25-20-5-4-19(24)16-21(20)26-23/h3-7,10,15-16H,2,8-9,11-14H2,1H3,(H,25,26). The molecule has 1 N–H and O–H groups in total. The van der Waals surface area contributed by atoms with Gasteiger partial charge in [0.1, 0.15) is 5.82 Å². The van der Waals surface area contributed by atoms with Gasteiger partial charge in [-0.2, -0.15) is 0 Å². The minimum absolute atomic E-state index is 0.719. The first-order chi connectivity index (χ1) is 14.2. The average Bonchev–Trinajstić information content (AvgIpc) is 3.33. The number of hydrogen-bond donors (Lipinski definition) is 1. The van der Waals surface area contributed by atoms with Crippen LogP contribution >= 0.6 is 11.6 Å². The van der Waals surface area contributed by atoms with E-state index in [1.54, 1.807) is 0 Å². The molecule has 150 valence electrons. The van der Waals surface area contributed by atoms with Crippen LogP contribution in [-0.2, 0) is 6.54 Å². The molecule has 1 aliphatic heterocycles. The molecule has 5 rings (SSSR count). The number of benzene rings is 2. The van der Waals surface area contributed by atoms with E-state index in [2.05, 4.69) is 56.9 Å². The van der Waals surface area contributed by atoms with Gasteiger partial charge in [-0.15, -0.1) is 0 Å². The van der Waals surface area contributed by atoms with Crippen molar-refractivity contribution in [2.24, 2.45) is 0 Å². The number of halogens is 1. The van der Waals surface area contributed by atoms with Gasteiger partial charge in [0.15, 0.2) is 0 Å². The lowest BCUT2D eigenvalue weighted by Crippen LogP contribution is -2.44. The fraction of sp³-hybridized carbons (Fsp3) is 0.348. The van der Waals surface area contributed by atoms with Gasteiger partial charge in [-0.3, -0.25) is 0 Å². The first-order valence-electron chi connectivity index (χ1n) is 10.3. The number of imidazole rings is 1. The number of aryl methyl sites for hydroxylation is 1. The van der Waals surface area contributed by atoms with E-state index in [1.807, 2.05) is 18.2 Å². The van der Waals surface area contributed by atoms with Crippen molar-refractivity contribution >= 4 is 33.5 Å². The van der Waals surface area contributed by atoms with Crippen molar-refractivity contribution < 1.29 is 0 Å². The molecule has 1 saturated heterocycles. The maximum Gasteiger partial charge on any atom is 0.138 e. The molecule has 6 heteroatoms. The van der Waals surface area contributed by atoms with Crippen molar-refractivity contribution in [1.29, 1.82) is 0 Å². The van der Waals surface area contributed by atoms with Gasteiger partial charge < -0.3 is 19.4 Å². The third-order valence-electron chi connectivity index (χ3n) is 5.96. The zero-order valence-electron chi connectivity index (χ0n) is 16.7. The van der Waals surface area contributed by atoms with E-state index in [0.29, 0.717) is 0 Å².